The van der Waals surface area contributed by atoms with E-state index in [1.807, 2.05) is 0 Å². The third-order valence-corrected chi connectivity index (χ3v) is 4.21. The van der Waals surface area contributed by atoms with Gasteiger partial charge in [0.25, 0.3) is 0 Å². The van der Waals surface area contributed by atoms with Crippen molar-refractivity contribution in [1.82, 2.24) is 5.32 Å². The smallest absolute Gasteiger partial charge is 0.240 e. The van der Waals surface area contributed by atoms with Gasteiger partial charge in [0.15, 0.2) is 0 Å². The monoisotopic (exact) mass is 224 g/mol. The zero-order chi connectivity index (χ0) is 11.8. The summed E-state index contributed by atoms with van der Waals surface area (Å²) in [7, 11) is 0. The summed E-state index contributed by atoms with van der Waals surface area (Å²) < 4.78 is 0. The van der Waals surface area contributed by atoms with E-state index in [2.05, 4.69) is 19.2 Å². The van der Waals surface area contributed by atoms with E-state index in [4.69, 9.17) is 5.73 Å². The lowest BCUT2D eigenvalue weighted by Crippen LogP contribution is -2.60. The maximum absolute atomic E-state index is 12.0. The fourth-order valence-corrected chi connectivity index (χ4v) is 3.18. The van der Waals surface area contributed by atoms with Crippen molar-refractivity contribution in [3.63, 3.8) is 0 Å². The predicted molar refractivity (Wildman–Crippen MR) is 64.9 cm³/mol. The molecular formula is C13H24N2O. The second-order valence-corrected chi connectivity index (χ2v) is 6.10. The van der Waals surface area contributed by atoms with Crippen molar-refractivity contribution in [2.24, 2.45) is 17.6 Å². The summed E-state index contributed by atoms with van der Waals surface area (Å²) in [4.78, 5) is 12.0. The highest BCUT2D eigenvalue weighted by atomic mass is 16.2. The molecule has 3 N–H and O–H groups in total. The van der Waals surface area contributed by atoms with Crippen molar-refractivity contribution in [2.45, 2.75) is 64.0 Å². The van der Waals surface area contributed by atoms with Gasteiger partial charge in [0.1, 0.15) is 0 Å². The molecule has 16 heavy (non-hydrogen) atoms. The number of hydrogen-bond donors (Lipinski definition) is 2. The standard InChI is InChI=1S/C13H24N2O/c1-9-6-10(2)8-11(7-9)15-12(16)13(14)4-3-5-13/h9-11H,3-8,14H2,1-2H3,(H,15,16). The molecular weight excluding hydrogens is 200 g/mol. The van der Waals surface area contributed by atoms with E-state index >= 15 is 0 Å². The van der Waals surface area contributed by atoms with Crippen LogP contribution in [0.5, 0.6) is 0 Å². The zero-order valence-electron chi connectivity index (χ0n) is 10.5. The summed E-state index contributed by atoms with van der Waals surface area (Å²) in [6.07, 6.45) is 6.34. The van der Waals surface area contributed by atoms with Crippen molar-refractivity contribution in [1.29, 1.82) is 0 Å². The molecule has 0 aromatic rings. The van der Waals surface area contributed by atoms with Crippen LogP contribution in [0.15, 0.2) is 0 Å². The Kier molecular flexibility index (Phi) is 3.24. The average Bonchev–Trinajstić information content (AvgIpc) is 2.12. The first-order valence-corrected chi connectivity index (χ1v) is 6.59. The maximum Gasteiger partial charge on any atom is 0.240 e. The van der Waals surface area contributed by atoms with Gasteiger partial charge < -0.3 is 11.1 Å². The Morgan fingerprint density at radius 3 is 2.19 bits per heavy atom. The van der Waals surface area contributed by atoms with Crippen LogP contribution < -0.4 is 11.1 Å². The van der Waals surface area contributed by atoms with Crippen LogP contribution in [0.4, 0.5) is 0 Å². The second-order valence-electron chi connectivity index (χ2n) is 6.10. The summed E-state index contributed by atoms with van der Waals surface area (Å²) in [5.74, 6) is 1.54. The lowest BCUT2D eigenvalue weighted by atomic mass is 9.75. The van der Waals surface area contributed by atoms with Gasteiger partial charge in [0.05, 0.1) is 5.54 Å². The second kappa shape index (κ2) is 4.36. The van der Waals surface area contributed by atoms with Gasteiger partial charge in [-0.15, -0.1) is 0 Å². The first-order valence-electron chi connectivity index (χ1n) is 6.59. The summed E-state index contributed by atoms with van der Waals surface area (Å²) in [5.41, 5.74) is 5.48. The highest BCUT2D eigenvalue weighted by molar-refractivity contribution is 5.87. The topological polar surface area (TPSA) is 55.1 Å². The number of nitrogens with one attached hydrogen (secondary N) is 1. The summed E-state index contributed by atoms with van der Waals surface area (Å²) in [5, 5.41) is 3.16. The average molecular weight is 224 g/mol. The van der Waals surface area contributed by atoms with Crippen LogP contribution in [0, 0.1) is 11.8 Å². The molecule has 2 atom stereocenters. The van der Waals surface area contributed by atoms with Crippen molar-refractivity contribution >= 4 is 5.91 Å². The van der Waals surface area contributed by atoms with Crippen molar-refractivity contribution in [3.8, 4) is 0 Å². The van der Waals surface area contributed by atoms with Crippen LogP contribution in [0.2, 0.25) is 0 Å². The lowest BCUT2D eigenvalue weighted by Gasteiger charge is -2.39. The van der Waals surface area contributed by atoms with E-state index in [1.54, 1.807) is 0 Å². The third-order valence-electron chi connectivity index (χ3n) is 4.21. The third kappa shape index (κ3) is 2.40. The SMILES string of the molecule is CC1CC(C)CC(NC(=O)C2(N)CCC2)C1. The highest BCUT2D eigenvalue weighted by Gasteiger charge is 2.41. The van der Waals surface area contributed by atoms with E-state index in [0.717, 1.165) is 43.9 Å². The number of carbonyl (C=O) groups is 1. The van der Waals surface area contributed by atoms with Gasteiger partial charge >= 0.3 is 0 Å². The van der Waals surface area contributed by atoms with E-state index in [0.29, 0.717) is 6.04 Å². The van der Waals surface area contributed by atoms with Crippen molar-refractivity contribution in [2.75, 3.05) is 0 Å². The van der Waals surface area contributed by atoms with Crippen LogP contribution in [-0.2, 0) is 4.79 Å². The molecule has 3 heteroatoms. The maximum atomic E-state index is 12.0. The molecule has 0 radical (unpaired) electrons. The fraction of sp³-hybridized carbons (Fsp3) is 0.923. The molecule has 0 saturated heterocycles. The summed E-state index contributed by atoms with van der Waals surface area (Å²) in [6.45, 7) is 4.55. The van der Waals surface area contributed by atoms with Gasteiger partial charge in [-0.25, -0.2) is 0 Å². The van der Waals surface area contributed by atoms with Gasteiger partial charge in [0, 0.05) is 6.04 Å². The van der Waals surface area contributed by atoms with Gasteiger partial charge in [-0.05, 0) is 50.4 Å². The molecule has 0 heterocycles. The fourth-order valence-electron chi connectivity index (χ4n) is 3.18. The van der Waals surface area contributed by atoms with Crippen molar-refractivity contribution < 1.29 is 4.79 Å². The minimum Gasteiger partial charge on any atom is -0.352 e. The van der Waals surface area contributed by atoms with Crippen LogP contribution in [0.3, 0.4) is 0 Å². The molecule has 0 aliphatic heterocycles. The van der Waals surface area contributed by atoms with Crippen LogP contribution in [0.25, 0.3) is 0 Å². The Morgan fingerprint density at radius 1 is 1.19 bits per heavy atom. The molecule has 1 amide bonds. The molecule has 0 bridgehead atoms. The Balaban J connectivity index is 1.86. The van der Waals surface area contributed by atoms with Crippen LogP contribution in [0.1, 0.15) is 52.4 Å². The molecule has 2 saturated carbocycles. The largest absolute Gasteiger partial charge is 0.352 e. The zero-order valence-corrected chi connectivity index (χ0v) is 10.5. The van der Waals surface area contributed by atoms with Crippen molar-refractivity contribution in [3.05, 3.63) is 0 Å². The van der Waals surface area contributed by atoms with Crippen LogP contribution >= 0.6 is 0 Å². The van der Waals surface area contributed by atoms with Gasteiger partial charge in [-0.3, -0.25) is 4.79 Å². The number of amides is 1. The molecule has 0 aromatic heterocycles. The molecule has 2 fully saturated rings. The van der Waals surface area contributed by atoms with Crippen LogP contribution in [-0.4, -0.2) is 17.5 Å². The lowest BCUT2D eigenvalue weighted by molar-refractivity contribution is -0.130. The summed E-state index contributed by atoms with van der Waals surface area (Å²) in [6, 6.07) is 0.354. The minimum atomic E-state index is -0.538. The number of carbonyl (C=O) groups excluding carboxylic acids is 1. The van der Waals surface area contributed by atoms with E-state index in [-0.39, 0.29) is 5.91 Å². The first-order chi connectivity index (χ1) is 7.49. The predicted octanol–water partition coefficient (Wildman–Crippen LogP) is 1.81. The first kappa shape index (κ1) is 11.9. The van der Waals surface area contributed by atoms with Gasteiger partial charge in [-0.1, -0.05) is 13.8 Å². The van der Waals surface area contributed by atoms with E-state index < -0.39 is 5.54 Å². The molecule has 0 spiro atoms. The highest BCUT2D eigenvalue weighted by Crippen LogP contribution is 2.32. The van der Waals surface area contributed by atoms with E-state index in [9.17, 15) is 4.79 Å². The quantitative estimate of drug-likeness (QED) is 0.751. The molecule has 3 nitrogen and oxygen atoms in total. The van der Waals surface area contributed by atoms with Gasteiger partial charge in [0.2, 0.25) is 5.91 Å². The Labute approximate surface area is 98.2 Å². The molecule has 0 aromatic carbocycles. The number of hydrogen-bond acceptors (Lipinski definition) is 2. The Morgan fingerprint density at radius 2 is 1.75 bits per heavy atom. The Bertz CT molecular complexity index is 263. The molecule has 2 unspecified atom stereocenters. The van der Waals surface area contributed by atoms with Gasteiger partial charge in [-0.2, -0.15) is 0 Å². The summed E-state index contributed by atoms with van der Waals surface area (Å²) >= 11 is 0. The molecule has 2 rings (SSSR count). The molecule has 2 aliphatic rings. The molecule has 2 aliphatic carbocycles. The van der Waals surface area contributed by atoms with E-state index in [1.165, 1.54) is 6.42 Å². The Hall–Kier alpha value is -0.570. The minimum absolute atomic E-state index is 0.0880. The number of nitrogens with two attached hydrogens (primary N) is 1. The molecule has 92 valence electrons. The number of rotatable bonds is 2. The normalized spacial score (nSPS) is 37.6.